The summed E-state index contributed by atoms with van der Waals surface area (Å²) in [4.78, 5) is 17.1. The fourth-order valence-corrected chi connectivity index (χ4v) is 3.08. The average molecular weight is 367 g/mol. The predicted molar refractivity (Wildman–Crippen MR) is 103 cm³/mol. The molecule has 3 aromatic rings. The van der Waals surface area contributed by atoms with Gasteiger partial charge in [-0.25, -0.2) is 9.78 Å². The maximum atomic E-state index is 11.9. The Hall–Kier alpha value is -2.86. The highest BCUT2D eigenvalue weighted by atomic mass is 32.1. The molecule has 0 saturated carbocycles. The van der Waals surface area contributed by atoms with Crippen LogP contribution in [0.1, 0.15) is 21.0 Å². The SMILES string of the molecule is Cc1ncc(CNC(=O)NCc2ccc(OCc3ccccc3)cc2)s1. The van der Waals surface area contributed by atoms with Crippen LogP contribution in [0, 0.1) is 6.92 Å². The van der Waals surface area contributed by atoms with Gasteiger partial charge in [0, 0.05) is 17.6 Å². The number of carbonyl (C=O) groups is 1. The lowest BCUT2D eigenvalue weighted by molar-refractivity contribution is 0.240. The molecule has 5 nitrogen and oxygen atoms in total. The molecule has 1 aromatic heterocycles. The van der Waals surface area contributed by atoms with Gasteiger partial charge in [0.25, 0.3) is 0 Å². The van der Waals surface area contributed by atoms with E-state index in [2.05, 4.69) is 15.6 Å². The van der Waals surface area contributed by atoms with E-state index in [1.807, 2.05) is 61.5 Å². The van der Waals surface area contributed by atoms with Crippen molar-refractivity contribution in [3.05, 3.63) is 81.8 Å². The van der Waals surface area contributed by atoms with Crippen molar-refractivity contribution in [3.8, 4) is 5.75 Å². The zero-order valence-electron chi connectivity index (χ0n) is 14.6. The summed E-state index contributed by atoms with van der Waals surface area (Å²) in [7, 11) is 0. The Kier molecular flexibility index (Phi) is 6.22. The van der Waals surface area contributed by atoms with Crippen LogP contribution >= 0.6 is 11.3 Å². The highest BCUT2D eigenvalue weighted by molar-refractivity contribution is 7.11. The van der Waals surface area contributed by atoms with Gasteiger partial charge in [-0.1, -0.05) is 42.5 Å². The first-order valence-corrected chi connectivity index (χ1v) is 9.19. The van der Waals surface area contributed by atoms with Gasteiger partial charge in [-0.15, -0.1) is 11.3 Å². The highest BCUT2D eigenvalue weighted by Gasteiger charge is 2.03. The van der Waals surface area contributed by atoms with Crippen LogP contribution in [-0.2, 0) is 19.7 Å². The molecule has 6 heteroatoms. The zero-order valence-corrected chi connectivity index (χ0v) is 15.4. The van der Waals surface area contributed by atoms with E-state index >= 15 is 0 Å². The molecule has 2 amide bonds. The van der Waals surface area contributed by atoms with E-state index in [-0.39, 0.29) is 6.03 Å². The number of nitrogens with zero attached hydrogens (tertiary/aromatic N) is 1. The van der Waals surface area contributed by atoms with Crippen LogP contribution in [0.3, 0.4) is 0 Å². The van der Waals surface area contributed by atoms with Crippen LogP contribution < -0.4 is 15.4 Å². The Bertz CT molecular complexity index is 832. The molecule has 0 radical (unpaired) electrons. The Balaban J connectivity index is 1.40. The first-order chi connectivity index (χ1) is 12.7. The van der Waals surface area contributed by atoms with Gasteiger partial charge in [-0.3, -0.25) is 0 Å². The Morgan fingerprint density at radius 2 is 1.73 bits per heavy atom. The Morgan fingerprint density at radius 3 is 2.42 bits per heavy atom. The van der Waals surface area contributed by atoms with Crippen LogP contribution in [0.15, 0.2) is 60.8 Å². The molecule has 26 heavy (non-hydrogen) atoms. The summed E-state index contributed by atoms with van der Waals surface area (Å²) in [6.07, 6.45) is 1.79. The molecule has 0 atom stereocenters. The zero-order chi connectivity index (χ0) is 18.2. The van der Waals surface area contributed by atoms with Crippen molar-refractivity contribution < 1.29 is 9.53 Å². The number of amides is 2. The number of rotatable bonds is 7. The second-order valence-electron chi connectivity index (χ2n) is 5.80. The first kappa shape index (κ1) is 17.9. The summed E-state index contributed by atoms with van der Waals surface area (Å²) < 4.78 is 5.76. The number of nitrogens with one attached hydrogen (secondary N) is 2. The summed E-state index contributed by atoms with van der Waals surface area (Å²) in [5, 5.41) is 6.67. The minimum Gasteiger partial charge on any atom is -0.489 e. The molecule has 0 saturated heterocycles. The third-order valence-corrected chi connectivity index (χ3v) is 4.63. The lowest BCUT2D eigenvalue weighted by Gasteiger charge is -2.09. The number of urea groups is 1. The number of thiazole rings is 1. The van der Waals surface area contributed by atoms with E-state index in [9.17, 15) is 4.79 Å². The third kappa shape index (κ3) is 5.60. The van der Waals surface area contributed by atoms with Crippen molar-refractivity contribution in [3.63, 3.8) is 0 Å². The summed E-state index contributed by atoms with van der Waals surface area (Å²) in [5.41, 5.74) is 2.15. The number of aromatic nitrogens is 1. The van der Waals surface area contributed by atoms with Gasteiger partial charge < -0.3 is 15.4 Å². The van der Waals surface area contributed by atoms with Gasteiger partial charge in [-0.05, 0) is 30.2 Å². The molecule has 3 rings (SSSR count). The van der Waals surface area contributed by atoms with E-state index in [0.29, 0.717) is 19.7 Å². The van der Waals surface area contributed by atoms with Crippen molar-refractivity contribution in [2.45, 2.75) is 26.6 Å². The van der Waals surface area contributed by atoms with Gasteiger partial charge in [-0.2, -0.15) is 0 Å². The quantitative estimate of drug-likeness (QED) is 0.663. The fourth-order valence-electron chi connectivity index (χ4n) is 2.34. The second-order valence-corrected chi connectivity index (χ2v) is 7.12. The molecule has 0 unspecified atom stereocenters. The van der Waals surface area contributed by atoms with E-state index in [4.69, 9.17) is 4.74 Å². The van der Waals surface area contributed by atoms with Crippen molar-refractivity contribution in [2.75, 3.05) is 0 Å². The number of aryl methyl sites for hydroxylation is 1. The molecular weight excluding hydrogens is 346 g/mol. The van der Waals surface area contributed by atoms with Gasteiger partial charge in [0.1, 0.15) is 12.4 Å². The average Bonchev–Trinajstić information content (AvgIpc) is 3.10. The van der Waals surface area contributed by atoms with E-state index in [0.717, 1.165) is 26.8 Å². The lowest BCUT2D eigenvalue weighted by Crippen LogP contribution is -2.34. The molecular formula is C20H21N3O2S. The summed E-state index contributed by atoms with van der Waals surface area (Å²) in [6.45, 7) is 3.44. The largest absolute Gasteiger partial charge is 0.489 e. The number of carbonyl (C=O) groups excluding carboxylic acids is 1. The first-order valence-electron chi connectivity index (χ1n) is 8.38. The molecule has 134 valence electrons. The molecule has 1 heterocycles. The number of benzene rings is 2. The molecule has 0 aliphatic heterocycles. The van der Waals surface area contributed by atoms with Gasteiger partial charge in [0.2, 0.25) is 0 Å². The second kappa shape index (κ2) is 9.01. The summed E-state index contributed by atoms with van der Waals surface area (Å²) in [6, 6.07) is 17.6. The molecule has 2 aromatic carbocycles. The number of hydrogen-bond donors (Lipinski definition) is 2. The van der Waals surface area contributed by atoms with Gasteiger partial charge in [0.15, 0.2) is 0 Å². The third-order valence-electron chi connectivity index (χ3n) is 3.72. The Morgan fingerprint density at radius 1 is 1.00 bits per heavy atom. The van der Waals surface area contributed by atoms with Crippen LogP contribution in [-0.4, -0.2) is 11.0 Å². The van der Waals surface area contributed by atoms with E-state index in [1.165, 1.54) is 0 Å². The molecule has 0 spiro atoms. The number of hydrogen-bond acceptors (Lipinski definition) is 4. The maximum absolute atomic E-state index is 11.9. The highest BCUT2D eigenvalue weighted by Crippen LogP contribution is 2.14. The smallest absolute Gasteiger partial charge is 0.315 e. The van der Waals surface area contributed by atoms with Gasteiger partial charge in [0.05, 0.1) is 11.6 Å². The van der Waals surface area contributed by atoms with Crippen molar-refractivity contribution >= 4 is 17.4 Å². The van der Waals surface area contributed by atoms with E-state index in [1.54, 1.807) is 17.5 Å². The standard InChI is InChI=1S/C20H21N3O2S/c1-15-21-12-19(26-15)13-23-20(24)22-11-16-7-9-18(10-8-16)25-14-17-5-3-2-4-6-17/h2-10,12H,11,13-14H2,1H3,(H2,22,23,24). The molecule has 2 N–H and O–H groups in total. The maximum Gasteiger partial charge on any atom is 0.315 e. The minimum absolute atomic E-state index is 0.194. The normalized spacial score (nSPS) is 10.3. The van der Waals surface area contributed by atoms with Crippen molar-refractivity contribution in [1.82, 2.24) is 15.6 Å². The van der Waals surface area contributed by atoms with Crippen LogP contribution in [0.4, 0.5) is 4.79 Å². The Labute approximate surface area is 157 Å². The predicted octanol–water partition coefficient (Wildman–Crippen LogP) is 4.03. The van der Waals surface area contributed by atoms with Crippen LogP contribution in [0.2, 0.25) is 0 Å². The topological polar surface area (TPSA) is 63.2 Å². The monoisotopic (exact) mass is 367 g/mol. The molecule has 0 aliphatic carbocycles. The molecule has 0 fully saturated rings. The van der Waals surface area contributed by atoms with Crippen LogP contribution in [0.5, 0.6) is 5.75 Å². The summed E-state index contributed by atoms with van der Waals surface area (Å²) >= 11 is 1.58. The van der Waals surface area contributed by atoms with E-state index < -0.39 is 0 Å². The molecule has 0 bridgehead atoms. The van der Waals surface area contributed by atoms with Crippen molar-refractivity contribution in [2.24, 2.45) is 0 Å². The van der Waals surface area contributed by atoms with Crippen LogP contribution in [0.25, 0.3) is 0 Å². The lowest BCUT2D eigenvalue weighted by atomic mass is 10.2. The molecule has 0 aliphatic rings. The van der Waals surface area contributed by atoms with Crippen molar-refractivity contribution in [1.29, 1.82) is 0 Å². The number of ether oxygens (including phenoxy) is 1. The fraction of sp³-hybridized carbons (Fsp3) is 0.200. The van der Waals surface area contributed by atoms with Gasteiger partial charge >= 0.3 is 6.03 Å². The summed E-state index contributed by atoms with van der Waals surface area (Å²) in [5.74, 6) is 0.808. The minimum atomic E-state index is -0.194.